The monoisotopic (exact) mass is 366 g/mol. The smallest absolute Gasteiger partial charge is 0.0554 e. The fourth-order valence-corrected chi connectivity index (χ4v) is 3.58. The lowest BCUT2D eigenvalue weighted by atomic mass is 9.97. The van der Waals surface area contributed by atoms with E-state index >= 15 is 0 Å². The summed E-state index contributed by atoms with van der Waals surface area (Å²) >= 11 is 9.80. The van der Waals surface area contributed by atoms with E-state index < -0.39 is 0 Å². The highest BCUT2D eigenvalue weighted by Gasteiger charge is 2.08. The van der Waals surface area contributed by atoms with Crippen LogP contribution in [0.15, 0.2) is 77.3 Å². The van der Waals surface area contributed by atoms with Crippen LogP contribution >= 0.6 is 27.5 Å². The highest BCUT2D eigenvalue weighted by Crippen LogP contribution is 2.36. The van der Waals surface area contributed by atoms with E-state index in [1.54, 1.807) is 0 Å². The van der Waals surface area contributed by atoms with E-state index in [9.17, 15) is 0 Å². The van der Waals surface area contributed by atoms with Crippen LogP contribution in [0, 0.1) is 0 Å². The van der Waals surface area contributed by atoms with Gasteiger partial charge in [-0.3, -0.25) is 0 Å². The zero-order valence-electron chi connectivity index (χ0n) is 11.7. The minimum absolute atomic E-state index is 0.733. The van der Waals surface area contributed by atoms with Gasteiger partial charge in [0.05, 0.1) is 5.02 Å². The molecule has 4 aromatic carbocycles. The maximum Gasteiger partial charge on any atom is 0.0554 e. The summed E-state index contributed by atoms with van der Waals surface area (Å²) in [6.45, 7) is 0. The van der Waals surface area contributed by atoms with Crippen LogP contribution in [0.5, 0.6) is 0 Å². The van der Waals surface area contributed by atoms with E-state index in [1.165, 1.54) is 21.5 Å². The predicted octanol–water partition coefficient (Wildman–Crippen LogP) is 7.08. The topological polar surface area (TPSA) is 0 Å². The molecular formula is C20H12BrCl. The Morgan fingerprint density at radius 3 is 2.36 bits per heavy atom. The van der Waals surface area contributed by atoms with Crippen LogP contribution in [0.25, 0.3) is 32.7 Å². The van der Waals surface area contributed by atoms with Gasteiger partial charge in [-0.05, 0) is 60.7 Å². The molecule has 0 fully saturated rings. The predicted molar refractivity (Wildman–Crippen MR) is 99.6 cm³/mol. The Balaban J connectivity index is 1.98. The van der Waals surface area contributed by atoms with Crippen molar-refractivity contribution in [3.8, 4) is 11.1 Å². The first-order valence-electron chi connectivity index (χ1n) is 7.10. The maximum atomic E-state index is 6.21. The summed E-state index contributed by atoms with van der Waals surface area (Å²) < 4.78 is 0.941. The van der Waals surface area contributed by atoms with E-state index in [4.69, 9.17) is 11.6 Å². The van der Waals surface area contributed by atoms with E-state index in [1.807, 2.05) is 12.1 Å². The zero-order valence-corrected chi connectivity index (χ0v) is 14.0. The standard InChI is InChI=1S/C20H12BrCl/c21-20-18(6-3-7-19(20)22)15-10-11-17-14(12-15)9-8-13-4-1-2-5-16(13)17/h1-12H. The second-order valence-corrected chi connectivity index (χ2v) is 6.52. The molecular weight excluding hydrogens is 356 g/mol. The lowest BCUT2D eigenvalue weighted by molar-refractivity contribution is 1.60. The van der Waals surface area contributed by atoms with Crippen molar-refractivity contribution >= 4 is 49.1 Å². The van der Waals surface area contributed by atoms with Crippen molar-refractivity contribution < 1.29 is 0 Å². The first kappa shape index (κ1) is 13.8. The summed E-state index contributed by atoms with van der Waals surface area (Å²) in [6, 6.07) is 25.4. The third-order valence-corrected chi connectivity index (χ3v) is 5.41. The summed E-state index contributed by atoms with van der Waals surface area (Å²) in [7, 11) is 0. The molecule has 4 rings (SSSR count). The largest absolute Gasteiger partial charge is 0.0831 e. The Morgan fingerprint density at radius 2 is 1.45 bits per heavy atom. The Kier molecular flexibility index (Phi) is 3.40. The Labute approximate surface area is 142 Å². The van der Waals surface area contributed by atoms with Gasteiger partial charge in [-0.15, -0.1) is 0 Å². The number of benzene rings is 4. The third kappa shape index (κ3) is 2.22. The summed E-state index contributed by atoms with van der Waals surface area (Å²) in [4.78, 5) is 0. The van der Waals surface area contributed by atoms with Crippen molar-refractivity contribution in [2.75, 3.05) is 0 Å². The zero-order chi connectivity index (χ0) is 15.1. The van der Waals surface area contributed by atoms with Gasteiger partial charge in [0.2, 0.25) is 0 Å². The van der Waals surface area contributed by atoms with Crippen LogP contribution in [0.1, 0.15) is 0 Å². The summed E-state index contributed by atoms with van der Waals surface area (Å²) in [5.41, 5.74) is 2.28. The molecule has 4 aromatic rings. The van der Waals surface area contributed by atoms with Gasteiger partial charge in [-0.2, -0.15) is 0 Å². The van der Waals surface area contributed by atoms with Crippen LogP contribution in [-0.2, 0) is 0 Å². The molecule has 0 heterocycles. The van der Waals surface area contributed by atoms with E-state index in [-0.39, 0.29) is 0 Å². The van der Waals surface area contributed by atoms with Crippen LogP contribution in [-0.4, -0.2) is 0 Å². The molecule has 0 bridgehead atoms. The van der Waals surface area contributed by atoms with E-state index in [0.29, 0.717) is 0 Å². The summed E-state index contributed by atoms with van der Waals surface area (Å²) in [5.74, 6) is 0. The van der Waals surface area contributed by atoms with Crippen molar-refractivity contribution in [2.45, 2.75) is 0 Å². The minimum Gasteiger partial charge on any atom is -0.0831 e. The fraction of sp³-hybridized carbons (Fsp3) is 0. The number of fused-ring (bicyclic) bond motifs is 3. The number of rotatable bonds is 1. The molecule has 0 amide bonds. The second kappa shape index (κ2) is 5.42. The molecule has 0 atom stereocenters. The number of hydrogen-bond acceptors (Lipinski definition) is 0. The van der Waals surface area contributed by atoms with Crippen LogP contribution in [0.4, 0.5) is 0 Å². The van der Waals surface area contributed by atoms with Crippen molar-refractivity contribution in [3.05, 3.63) is 82.3 Å². The van der Waals surface area contributed by atoms with Crippen LogP contribution in [0.3, 0.4) is 0 Å². The Morgan fingerprint density at radius 1 is 0.682 bits per heavy atom. The highest BCUT2D eigenvalue weighted by atomic mass is 79.9. The minimum atomic E-state index is 0.733. The van der Waals surface area contributed by atoms with Gasteiger partial charge in [-0.1, -0.05) is 72.3 Å². The normalized spacial score (nSPS) is 11.2. The fourth-order valence-electron chi connectivity index (χ4n) is 2.91. The summed E-state index contributed by atoms with van der Waals surface area (Å²) in [5, 5.41) is 5.81. The number of hydrogen-bond donors (Lipinski definition) is 0. The molecule has 0 spiro atoms. The van der Waals surface area contributed by atoms with E-state index in [2.05, 4.69) is 76.6 Å². The molecule has 0 nitrogen and oxygen atoms in total. The van der Waals surface area contributed by atoms with Gasteiger partial charge in [0.25, 0.3) is 0 Å². The van der Waals surface area contributed by atoms with Crippen molar-refractivity contribution in [1.29, 1.82) is 0 Å². The Hall–Kier alpha value is -1.83. The molecule has 0 saturated carbocycles. The SMILES string of the molecule is Clc1cccc(-c2ccc3c(ccc4ccccc43)c2)c1Br. The molecule has 0 aliphatic heterocycles. The van der Waals surface area contributed by atoms with Crippen molar-refractivity contribution in [3.63, 3.8) is 0 Å². The maximum absolute atomic E-state index is 6.21. The quantitative estimate of drug-likeness (QED) is 0.315. The molecule has 0 aliphatic carbocycles. The molecule has 0 aromatic heterocycles. The second-order valence-electron chi connectivity index (χ2n) is 5.32. The number of halogens is 2. The molecule has 106 valence electrons. The first-order chi connectivity index (χ1) is 10.7. The van der Waals surface area contributed by atoms with Gasteiger partial charge in [0, 0.05) is 4.47 Å². The van der Waals surface area contributed by atoms with Gasteiger partial charge in [-0.25, -0.2) is 0 Å². The molecule has 0 radical (unpaired) electrons. The van der Waals surface area contributed by atoms with Gasteiger partial charge < -0.3 is 0 Å². The van der Waals surface area contributed by atoms with Gasteiger partial charge >= 0.3 is 0 Å². The average molecular weight is 368 g/mol. The van der Waals surface area contributed by atoms with Crippen LogP contribution < -0.4 is 0 Å². The van der Waals surface area contributed by atoms with Crippen LogP contribution in [0.2, 0.25) is 5.02 Å². The van der Waals surface area contributed by atoms with Crippen molar-refractivity contribution in [2.24, 2.45) is 0 Å². The lowest BCUT2D eigenvalue weighted by Gasteiger charge is -2.09. The van der Waals surface area contributed by atoms with Crippen molar-refractivity contribution in [1.82, 2.24) is 0 Å². The lowest BCUT2D eigenvalue weighted by Crippen LogP contribution is -1.83. The Bertz CT molecular complexity index is 1000. The molecule has 0 aliphatic rings. The molecule has 0 saturated heterocycles. The molecule has 0 unspecified atom stereocenters. The van der Waals surface area contributed by atoms with E-state index in [0.717, 1.165) is 20.6 Å². The molecule has 22 heavy (non-hydrogen) atoms. The van der Waals surface area contributed by atoms with Gasteiger partial charge in [0.1, 0.15) is 0 Å². The molecule has 0 N–H and O–H groups in total. The highest BCUT2D eigenvalue weighted by molar-refractivity contribution is 9.10. The first-order valence-corrected chi connectivity index (χ1v) is 8.27. The van der Waals surface area contributed by atoms with Gasteiger partial charge in [0.15, 0.2) is 0 Å². The molecule has 2 heteroatoms. The average Bonchev–Trinajstić information content (AvgIpc) is 2.57. The third-order valence-electron chi connectivity index (χ3n) is 4.01. The summed E-state index contributed by atoms with van der Waals surface area (Å²) in [6.07, 6.45) is 0.